The Morgan fingerprint density at radius 2 is 1.49 bits per heavy atom. The third kappa shape index (κ3) is 4.95. The van der Waals surface area contributed by atoms with Crippen LogP contribution in [0.25, 0.3) is 0 Å². The Kier molecular flexibility index (Phi) is 7.10. The fourth-order valence-electron chi connectivity index (χ4n) is 6.41. The van der Waals surface area contributed by atoms with Gasteiger partial charge in [0, 0.05) is 35.2 Å². The van der Waals surface area contributed by atoms with Gasteiger partial charge in [-0.1, -0.05) is 30.3 Å². The number of piperidine rings is 1. The molecule has 3 aliphatic heterocycles. The van der Waals surface area contributed by atoms with E-state index in [1.54, 1.807) is 17.0 Å². The van der Waals surface area contributed by atoms with E-state index in [0.29, 0.717) is 24.3 Å². The number of imide groups is 1. The van der Waals surface area contributed by atoms with Crippen LogP contribution in [0.3, 0.4) is 0 Å². The van der Waals surface area contributed by atoms with Gasteiger partial charge in [0.2, 0.25) is 11.8 Å². The number of fused-ring (bicyclic) bond motifs is 1. The molecular formula is C33H43N3O5. The van der Waals surface area contributed by atoms with E-state index in [9.17, 15) is 14.4 Å². The van der Waals surface area contributed by atoms with Gasteiger partial charge >= 0.3 is 0 Å². The number of carbonyl (C=O) groups is 3. The number of hydrogen-bond acceptors (Lipinski definition) is 6. The molecule has 2 saturated heterocycles. The van der Waals surface area contributed by atoms with Gasteiger partial charge < -0.3 is 14.4 Å². The highest BCUT2D eigenvalue weighted by atomic mass is 16.5. The summed E-state index contributed by atoms with van der Waals surface area (Å²) in [5, 5.41) is 2.35. The Balaban J connectivity index is 1.28. The predicted octanol–water partition coefficient (Wildman–Crippen LogP) is 4.97. The second-order valence-corrected chi connectivity index (χ2v) is 13.6. The predicted molar refractivity (Wildman–Crippen MR) is 156 cm³/mol. The largest absolute Gasteiger partial charge is 0.489 e. The maximum absolute atomic E-state index is 13.1. The highest BCUT2D eigenvalue weighted by Crippen LogP contribution is 2.49. The van der Waals surface area contributed by atoms with Crippen molar-refractivity contribution in [1.29, 1.82) is 0 Å². The zero-order chi connectivity index (χ0) is 30.0. The SMILES string of the molecule is CC1(C)OC(C)(C)C(C)(C)N(Cc2ccc(COc3cccc4c3CN(C3CCC(=O)NC3=O)C4=O)cc2)C1(C)C. The number of hydrogen-bond donors (Lipinski definition) is 1. The number of ether oxygens (including phenoxy) is 2. The first kappa shape index (κ1) is 29.3. The molecule has 0 radical (unpaired) electrons. The Morgan fingerprint density at radius 3 is 2.10 bits per heavy atom. The number of rotatable bonds is 6. The minimum Gasteiger partial charge on any atom is -0.489 e. The first-order chi connectivity index (χ1) is 19.0. The lowest BCUT2D eigenvalue weighted by molar-refractivity contribution is -0.294. The molecule has 1 unspecified atom stereocenters. The Bertz CT molecular complexity index is 1350. The van der Waals surface area contributed by atoms with Crippen LogP contribution in [0.5, 0.6) is 5.75 Å². The molecular weight excluding hydrogens is 518 g/mol. The summed E-state index contributed by atoms with van der Waals surface area (Å²) in [5.41, 5.74) is 2.52. The van der Waals surface area contributed by atoms with E-state index in [1.165, 1.54) is 5.56 Å². The quantitative estimate of drug-likeness (QED) is 0.501. The third-order valence-electron chi connectivity index (χ3n) is 10.1. The Labute approximate surface area is 243 Å². The molecule has 220 valence electrons. The van der Waals surface area contributed by atoms with Gasteiger partial charge in [0.25, 0.3) is 5.91 Å². The summed E-state index contributed by atoms with van der Waals surface area (Å²) >= 11 is 0. The van der Waals surface area contributed by atoms with Crippen molar-refractivity contribution < 1.29 is 23.9 Å². The molecule has 5 rings (SSSR count). The molecule has 8 nitrogen and oxygen atoms in total. The van der Waals surface area contributed by atoms with Gasteiger partial charge in [-0.3, -0.25) is 24.6 Å². The molecule has 3 amide bonds. The fourth-order valence-corrected chi connectivity index (χ4v) is 6.41. The molecule has 1 N–H and O–H groups in total. The van der Waals surface area contributed by atoms with Crippen LogP contribution < -0.4 is 10.1 Å². The average Bonchev–Trinajstić information content (AvgIpc) is 3.21. The summed E-state index contributed by atoms with van der Waals surface area (Å²) in [4.78, 5) is 41.2. The topological polar surface area (TPSA) is 88.2 Å². The molecule has 2 fully saturated rings. The molecule has 0 spiro atoms. The van der Waals surface area contributed by atoms with Gasteiger partial charge in [-0.25, -0.2) is 0 Å². The fraction of sp³-hybridized carbons (Fsp3) is 0.545. The molecule has 41 heavy (non-hydrogen) atoms. The van der Waals surface area contributed by atoms with Crippen molar-refractivity contribution in [2.75, 3.05) is 0 Å². The van der Waals surface area contributed by atoms with Crippen LogP contribution in [0.2, 0.25) is 0 Å². The summed E-state index contributed by atoms with van der Waals surface area (Å²) in [6, 6.07) is 13.3. The van der Waals surface area contributed by atoms with Gasteiger partial charge in [0.05, 0.1) is 17.7 Å². The van der Waals surface area contributed by atoms with Crippen LogP contribution in [0.4, 0.5) is 0 Å². The zero-order valence-electron chi connectivity index (χ0n) is 25.6. The van der Waals surface area contributed by atoms with Crippen molar-refractivity contribution in [3.05, 3.63) is 64.7 Å². The highest BCUT2D eigenvalue weighted by molar-refractivity contribution is 6.05. The molecule has 1 atom stereocenters. The van der Waals surface area contributed by atoms with Crippen molar-refractivity contribution in [2.24, 2.45) is 0 Å². The molecule has 0 aliphatic carbocycles. The van der Waals surface area contributed by atoms with Crippen molar-refractivity contribution in [3.63, 3.8) is 0 Å². The van der Waals surface area contributed by atoms with Gasteiger partial charge in [-0.2, -0.15) is 0 Å². The lowest BCUT2D eigenvalue weighted by Gasteiger charge is -2.66. The minimum atomic E-state index is -0.648. The first-order valence-corrected chi connectivity index (χ1v) is 14.5. The molecule has 0 saturated carbocycles. The number of benzene rings is 2. The molecule has 2 aromatic carbocycles. The third-order valence-corrected chi connectivity index (χ3v) is 10.1. The molecule has 3 heterocycles. The van der Waals surface area contributed by atoms with Gasteiger partial charge in [0.1, 0.15) is 18.4 Å². The minimum absolute atomic E-state index is 0.194. The van der Waals surface area contributed by atoms with Crippen molar-refractivity contribution >= 4 is 17.7 Å². The molecule has 0 bridgehead atoms. The normalized spacial score (nSPS) is 24.6. The molecule has 3 aliphatic rings. The van der Waals surface area contributed by atoms with E-state index in [-0.39, 0.29) is 47.1 Å². The van der Waals surface area contributed by atoms with Gasteiger partial charge in [0.15, 0.2) is 0 Å². The van der Waals surface area contributed by atoms with E-state index in [2.05, 4.69) is 89.9 Å². The van der Waals surface area contributed by atoms with Crippen molar-refractivity contribution in [3.8, 4) is 5.75 Å². The Morgan fingerprint density at radius 1 is 0.878 bits per heavy atom. The highest BCUT2D eigenvalue weighted by Gasteiger charge is 2.60. The van der Waals surface area contributed by atoms with Crippen LogP contribution in [-0.2, 0) is 34.0 Å². The van der Waals surface area contributed by atoms with E-state index in [1.807, 2.05) is 6.07 Å². The maximum Gasteiger partial charge on any atom is 0.255 e. The number of carbonyl (C=O) groups excluding carboxylic acids is 3. The molecule has 8 heteroatoms. The van der Waals surface area contributed by atoms with E-state index in [0.717, 1.165) is 17.7 Å². The summed E-state index contributed by atoms with van der Waals surface area (Å²) in [5.74, 6) is -0.280. The van der Waals surface area contributed by atoms with Crippen LogP contribution in [0.15, 0.2) is 42.5 Å². The lowest BCUT2D eigenvalue weighted by Crippen LogP contribution is -2.77. The van der Waals surface area contributed by atoms with E-state index < -0.39 is 11.9 Å². The monoisotopic (exact) mass is 561 g/mol. The van der Waals surface area contributed by atoms with E-state index >= 15 is 0 Å². The van der Waals surface area contributed by atoms with Gasteiger partial charge in [-0.15, -0.1) is 0 Å². The number of amides is 3. The van der Waals surface area contributed by atoms with Crippen molar-refractivity contribution in [1.82, 2.24) is 15.1 Å². The molecule has 2 aromatic rings. The second-order valence-electron chi connectivity index (χ2n) is 13.6. The number of nitrogens with one attached hydrogen (secondary N) is 1. The summed E-state index contributed by atoms with van der Waals surface area (Å²) in [6.07, 6.45) is 0.562. The maximum atomic E-state index is 13.1. The smallest absolute Gasteiger partial charge is 0.255 e. The summed E-state index contributed by atoms with van der Waals surface area (Å²) in [6.45, 7) is 19.2. The van der Waals surface area contributed by atoms with Crippen LogP contribution >= 0.6 is 0 Å². The van der Waals surface area contributed by atoms with Crippen LogP contribution in [0, 0.1) is 0 Å². The zero-order valence-corrected chi connectivity index (χ0v) is 25.6. The lowest BCUT2D eigenvalue weighted by atomic mass is 9.71. The average molecular weight is 562 g/mol. The second kappa shape index (κ2) is 9.95. The van der Waals surface area contributed by atoms with E-state index in [4.69, 9.17) is 9.47 Å². The Hall–Kier alpha value is -3.23. The van der Waals surface area contributed by atoms with Gasteiger partial charge in [-0.05, 0) is 85.1 Å². The number of nitrogens with zero attached hydrogens (tertiary/aromatic N) is 2. The van der Waals surface area contributed by atoms with Crippen molar-refractivity contribution in [2.45, 2.75) is 116 Å². The first-order valence-electron chi connectivity index (χ1n) is 14.5. The molecule has 0 aromatic heterocycles. The number of morpholine rings is 1. The summed E-state index contributed by atoms with van der Waals surface area (Å²) < 4.78 is 12.8. The van der Waals surface area contributed by atoms with Crippen LogP contribution in [0.1, 0.15) is 95.3 Å². The van der Waals surface area contributed by atoms with Crippen LogP contribution in [-0.4, -0.2) is 55.8 Å². The summed E-state index contributed by atoms with van der Waals surface area (Å²) in [7, 11) is 0. The standard InChI is InChI=1S/C33H43N3O5/c1-30(2)32(5,6)41-33(7,8)31(3,4)36(30)18-21-12-14-22(15-13-21)20-40-26-11-9-10-23-24(26)19-35(29(23)39)25-16-17-27(37)34-28(25)38/h9-15,25H,16-20H2,1-8H3,(H,34,37,38).